The summed E-state index contributed by atoms with van der Waals surface area (Å²) in [6.45, 7) is 0.373. The van der Waals surface area contributed by atoms with Gasteiger partial charge in [-0.05, 0) is 5.56 Å². The normalized spacial score (nSPS) is 18.6. The number of nitrogens with zero attached hydrogens (tertiary/aromatic N) is 1. The van der Waals surface area contributed by atoms with Gasteiger partial charge in [0.05, 0.1) is 5.75 Å². The third kappa shape index (κ3) is 4.85. The van der Waals surface area contributed by atoms with Crippen LogP contribution in [-0.2, 0) is 20.6 Å². The Morgan fingerprint density at radius 1 is 1.29 bits per heavy atom. The van der Waals surface area contributed by atoms with E-state index in [2.05, 4.69) is 10.0 Å². The second-order valence-corrected chi connectivity index (χ2v) is 6.38. The quantitative estimate of drug-likeness (QED) is 0.647. The van der Waals surface area contributed by atoms with Gasteiger partial charge >= 0.3 is 0 Å². The highest BCUT2D eigenvalue weighted by atomic mass is 32.2. The van der Waals surface area contributed by atoms with Gasteiger partial charge in [-0.25, -0.2) is 13.1 Å². The zero-order chi connectivity index (χ0) is 15.3. The van der Waals surface area contributed by atoms with Crippen molar-refractivity contribution in [2.45, 2.75) is 12.1 Å². The summed E-state index contributed by atoms with van der Waals surface area (Å²) >= 11 is 0. The summed E-state index contributed by atoms with van der Waals surface area (Å²) in [5.41, 5.74) is 0.704. The summed E-state index contributed by atoms with van der Waals surface area (Å²) in [4.78, 5) is 12.4. The van der Waals surface area contributed by atoms with E-state index in [-0.39, 0.29) is 24.7 Å². The van der Waals surface area contributed by atoms with Crippen molar-refractivity contribution in [3.05, 3.63) is 48.2 Å². The zero-order valence-corrected chi connectivity index (χ0v) is 12.1. The molecule has 0 aromatic heterocycles. The van der Waals surface area contributed by atoms with Crippen molar-refractivity contribution in [1.82, 2.24) is 14.9 Å². The van der Waals surface area contributed by atoms with Crippen LogP contribution in [0, 0.1) is 0 Å². The molecule has 0 saturated heterocycles. The number of amides is 1. The van der Waals surface area contributed by atoms with Gasteiger partial charge in [-0.1, -0.05) is 30.3 Å². The molecule has 7 nitrogen and oxygen atoms in total. The highest BCUT2D eigenvalue weighted by Crippen LogP contribution is 2.04. The molecule has 1 atom stereocenters. The first-order valence-corrected chi connectivity index (χ1v) is 8.05. The first-order valence-electron chi connectivity index (χ1n) is 6.40. The Morgan fingerprint density at radius 2 is 2.00 bits per heavy atom. The Hall–Kier alpha value is -1.90. The maximum atomic E-state index is 11.9. The average molecular weight is 311 g/mol. The van der Waals surface area contributed by atoms with E-state index < -0.39 is 16.4 Å². The number of aliphatic hydroxyl groups is 1. The van der Waals surface area contributed by atoms with Crippen LogP contribution in [0.2, 0.25) is 0 Å². The number of hydrogen-bond donors (Lipinski definition) is 3. The number of rotatable bonds is 6. The molecule has 0 fully saturated rings. The van der Waals surface area contributed by atoms with Gasteiger partial charge in [-0.15, -0.1) is 0 Å². The van der Waals surface area contributed by atoms with Gasteiger partial charge in [0.2, 0.25) is 22.3 Å². The van der Waals surface area contributed by atoms with Gasteiger partial charge in [-0.2, -0.15) is 0 Å². The summed E-state index contributed by atoms with van der Waals surface area (Å²) in [5.74, 6) is -0.480. The van der Waals surface area contributed by atoms with E-state index in [0.29, 0.717) is 5.56 Å². The van der Waals surface area contributed by atoms with E-state index >= 15 is 0 Å². The smallest absolute Gasteiger partial charge is 0.248 e. The molecular formula is C13H17N3O4S. The number of hydrogen-bond acceptors (Lipinski definition) is 5. The van der Waals surface area contributed by atoms with E-state index in [0.717, 1.165) is 0 Å². The fraction of sp³-hybridized carbons (Fsp3) is 0.308. The van der Waals surface area contributed by atoms with Crippen molar-refractivity contribution in [3.63, 3.8) is 0 Å². The lowest BCUT2D eigenvalue weighted by Crippen LogP contribution is -2.50. The van der Waals surface area contributed by atoms with Crippen LogP contribution in [0.3, 0.4) is 0 Å². The molecule has 2 rings (SSSR count). The molecule has 1 aliphatic heterocycles. The molecule has 0 saturated carbocycles. The summed E-state index contributed by atoms with van der Waals surface area (Å²) in [7, 11) is -3.43. The van der Waals surface area contributed by atoms with E-state index in [1.165, 1.54) is 17.2 Å². The molecule has 1 amide bonds. The van der Waals surface area contributed by atoms with Crippen LogP contribution in [0.5, 0.6) is 0 Å². The predicted octanol–water partition coefficient (Wildman–Crippen LogP) is -0.673. The molecule has 1 aliphatic rings. The van der Waals surface area contributed by atoms with E-state index in [1.54, 1.807) is 24.3 Å². The van der Waals surface area contributed by atoms with Crippen LogP contribution in [-0.4, -0.2) is 43.8 Å². The Morgan fingerprint density at radius 3 is 2.67 bits per heavy atom. The lowest BCUT2D eigenvalue weighted by atomic mass is 10.2. The Balaban J connectivity index is 1.82. The molecule has 0 spiro atoms. The van der Waals surface area contributed by atoms with Crippen LogP contribution in [0.1, 0.15) is 5.56 Å². The van der Waals surface area contributed by atoms with Crippen molar-refractivity contribution in [2.75, 3.05) is 13.1 Å². The number of benzene rings is 1. The molecule has 1 heterocycles. The van der Waals surface area contributed by atoms with Gasteiger partial charge in [0.15, 0.2) is 0 Å². The van der Waals surface area contributed by atoms with Crippen LogP contribution in [0.15, 0.2) is 42.6 Å². The van der Waals surface area contributed by atoms with Gasteiger partial charge in [-0.3, -0.25) is 4.79 Å². The third-order valence-corrected chi connectivity index (χ3v) is 4.25. The van der Waals surface area contributed by atoms with Gasteiger partial charge in [0, 0.05) is 25.4 Å². The molecule has 0 aliphatic carbocycles. The second kappa shape index (κ2) is 6.70. The maximum absolute atomic E-state index is 11.9. The van der Waals surface area contributed by atoms with Crippen molar-refractivity contribution < 1.29 is 18.3 Å². The molecule has 1 unspecified atom stereocenters. The Kier molecular flexibility index (Phi) is 4.94. The van der Waals surface area contributed by atoms with Crippen molar-refractivity contribution >= 4 is 15.9 Å². The summed E-state index contributed by atoms with van der Waals surface area (Å²) < 4.78 is 26.3. The SMILES string of the molecule is O=C1C=CN(CCNS(=O)(=O)Cc2ccccc2)C(O)N1. The molecule has 1 aromatic carbocycles. The fourth-order valence-electron chi connectivity index (χ4n) is 1.87. The lowest BCUT2D eigenvalue weighted by Gasteiger charge is -2.29. The minimum atomic E-state index is -3.43. The highest BCUT2D eigenvalue weighted by molar-refractivity contribution is 7.88. The number of carbonyl (C=O) groups excluding carboxylic acids is 1. The van der Waals surface area contributed by atoms with Crippen molar-refractivity contribution in [3.8, 4) is 0 Å². The van der Waals surface area contributed by atoms with Crippen molar-refractivity contribution in [1.29, 1.82) is 0 Å². The lowest BCUT2D eigenvalue weighted by molar-refractivity contribution is -0.124. The first-order chi connectivity index (χ1) is 9.96. The summed E-state index contributed by atoms with van der Waals surface area (Å²) in [6.07, 6.45) is 1.56. The molecule has 114 valence electrons. The van der Waals surface area contributed by atoms with Crippen LogP contribution >= 0.6 is 0 Å². The molecule has 8 heteroatoms. The zero-order valence-electron chi connectivity index (χ0n) is 11.3. The molecule has 0 radical (unpaired) electrons. The second-order valence-electron chi connectivity index (χ2n) is 4.57. The number of nitrogens with one attached hydrogen (secondary N) is 2. The highest BCUT2D eigenvalue weighted by Gasteiger charge is 2.18. The molecule has 3 N–H and O–H groups in total. The topological polar surface area (TPSA) is 98.7 Å². The molecular weight excluding hydrogens is 294 g/mol. The summed E-state index contributed by atoms with van der Waals surface area (Å²) in [6, 6.07) is 8.87. The first kappa shape index (κ1) is 15.5. The number of sulfonamides is 1. The van der Waals surface area contributed by atoms with Crippen LogP contribution in [0.25, 0.3) is 0 Å². The largest absolute Gasteiger partial charge is 0.356 e. The minimum absolute atomic E-state index is 0.0943. The predicted molar refractivity (Wildman–Crippen MR) is 77.1 cm³/mol. The minimum Gasteiger partial charge on any atom is -0.356 e. The van der Waals surface area contributed by atoms with Gasteiger partial charge < -0.3 is 15.3 Å². The van der Waals surface area contributed by atoms with Gasteiger partial charge in [0.25, 0.3) is 0 Å². The maximum Gasteiger partial charge on any atom is 0.248 e. The number of carbonyl (C=O) groups is 1. The Bertz CT molecular complexity index is 616. The summed E-state index contributed by atoms with van der Waals surface area (Å²) in [5, 5.41) is 11.9. The van der Waals surface area contributed by atoms with Gasteiger partial charge in [0.1, 0.15) is 0 Å². The van der Waals surface area contributed by atoms with Crippen molar-refractivity contribution in [2.24, 2.45) is 0 Å². The van der Waals surface area contributed by atoms with E-state index in [1.807, 2.05) is 6.07 Å². The average Bonchev–Trinajstić information content (AvgIpc) is 2.42. The number of aliphatic hydroxyl groups excluding tert-OH is 1. The van der Waals surface area contributed by atoms with E-state index in [4.69, 9.17) is 0 Å². The fourth-order valence-corrected chi connectivity index (χ4v) is 3.01. The van der Waals surface area contributed by atoms with Crippen LogP contribution < -0.4 is 10.0 Å². The molecule has 0 bridgehead atoms. The van der Waals surface area contributed by atoms with Crippen LogP contribution in [0.4, 0.5) is 0 Å². The molecule has 1 aromatic rings. The standard InChI is InChI=1S/C13H17N3O4S/c17-12-6-8-16(13(18)15-12)9-7-14-21(19,20)10-11-4-2-1-3-5-11/h1-6,8,13-14,18H,7,9-10H2,(H,15,17). The van der Waals surface area contributed by atoms with E-state index in [9.17, 15) is 18.3 Å². The third-order valence-electron chi connectivity index (χ3n) is 2.89. The molecule has 21 heavy (non-hydrogen) atoms. The monoisotopic (exact) mass is 311 g/mol. The Labute approximate surface area is 123 Å².